The Kier molecular flexibility index (Phi) is 11.6. The van der Waals surface area contributed by atoms with Gasteiger partial charge in [0.25, 0.3) is 5.91 Å². The van der Waals surface area contributed by atoms with Crippen molar-refractivity contribution in [2.45, 2.75) is 153 Å². The van der Waals surface area contributed by atoms with Crippen LogP contribution in [0.4, 0.5) is 0 Å². The lowest BCUT2D eigenvalue weighted by Crippen LogP contribution is -2.66. The van der Waals surface area contributed by atoms with Crippen LogP contribution in [0.3, 0.4) is 0 Å². The summed E-state index contributed by atoms with van der Waals surface area (Å²) in [7, 11) is -3.52. The molecule has 51 heavy (non-hydrogen) atoms. The smallest absolute Gasteiger partial charge is 0.289 e. The third-order valence-electron chi connectivity index (χ3n) is 12.5. The van der Waals surface area contributed by atoms with E-state index in [4.69, 9.17) is 0 Å². The van der Waals surface area contributed by atoms with E-state index in [0.717, 1.165) is 57.8 Å². The zero-order chi connectivity index (χ0) is 37.6. The molecule has 12 nitrogen and oxygen atoms in total. The van der Waals surface area contributed by atoms with Crippen molar-refractivity contribution < 1.29 is 32.7 Å². The lowest BCUT2D eigenvalue weighted by Gasteiger charge is -2.43. The van der Waals surface area contributed by atoms with Gasteiger partial charge in [-0.25, -0.2) is 8.42 Å². The van der Waals surface area contributed by atoms with Gasteiger partial charge in [-0.05, 0) is 94.3 Å². The molecule has 0 aromatic carbocycles. The molecule has 0 bridgehead atoms. The molecule has 5 aliphatic rings. The number of rotatable bonds is 15. The molecule has 5 rings (SSSR count). The van der Waals surface area contributed by atoms with Gasteiger partial charge in [-0.15, -0.1) is 6.58 Å². The third kappa shape index (κ3) is 8.90. The Morgan fingerprint density at radius 1 is 0.961 bits per heavy atom. The SMILES string of the molecule is C=CCNC(=O)C(=O)C(CC1CC1)NC(=O)[C@@H]1[C@H]2CCC3(CC3)[C@H]2CN1C(=O)[C@@H](NC(O)NC1(CS(=O)(=O)C(C)(C)C)CCCCC1)C(C)(C)C. The van der Waals surface area contributed by atoms with Crippen LogP contribution in [0, 0.1) is 28.6 Å². The van der Waals surface area contributed by atoms with E-state index in [0.29, 0.717) is 25.8 Å². The summed E-state index contributed by atoms with van der Waals surface area (Å²) in [6.07, 6.45) is 10.1. The Morgan fingerprint density at radius 2 is 1.61 bits per heavy atom. The number of nitrogens with one attached hydrogen (secondary N) is 4. The Hall–Kier alpha value is -2.35. The van der Waals surface area contributed by atoms with Gasteiger partial charge in [-0.3, -0.25) is 29.8 Å². The lowest BCUT2D eigenvalue weighted by atomic mass is 9.83. The van der Waals surface area contributed by atoms with Crippen LogP contribution in [0.5, 0.6) is 0 Å². The standard InChI is InChI=1S/C38H63N5O7S/c1-8-20-39-32(46)29(44)27(21-24-12-13-24)40-31(45)28-25-14-17-37(18-19-37)26(25)22-43(28)33(47)30(35(2,3)4)41-34(48)42-38(15-10-9-11-16-38)23-51(49,50)36(5,6)7/h8,24-28,30,34,41-42,48H,1,9-23H2,2-7H3,(H,39,46)(H,40,45)/t25-,26-,27?,28-,30+,34?/m0/s1. The van der Waals surface area contributed by atoms with Crippen LogP contribution in [-0.2, 0) is 29.0 Å². The molecule has 1 aliphatic heterocycles. The molecule has 3 amide bonds. The molecule has 0 aromatic rings. The fourth-order valence-electron chi connectivity index (χ4n) is 8.97. The quantitative estimate of drug-likeness (QED) is 0.0964. The van der Waals surface area contributed by atoms with Crippen molar-refractivity contribution in [1.29, 1.82) is 0 Å². The first kappa shape index (κ1) is 39.8. The number of amides is 3. The molecule has 5 N–H and O–H groups in total. The number of carbonyl (C=O) groups excluding carboxylic acids is 4. The molecule has 2 unspecified atom stereocenters. The minimum absolute atomic E-state index is 0.0699. The Morgan fingerprint density at radius 3 is 2.16 bits per heavy atom. The number of likely N-dealkylation sites (tertiary alicyclic amines) is 1. The Bertz CT molecular complexity index is 1450. The number of aliphatic hydroxyl groups excluding tert-OH is 1. The average molecular weight is 734 g/mol. The van der Waals surface area contributed by atoms with Gasteiger partial charge in [0.2, 0.25) is 17.6 Å². The van der Waals surface area contributed by atoms with Crippen LogP contribution in [-0.4, -0.2) is 95.5 Å². The van der Waals surface area contributed by atoms with Crippen LogP contribution in [0.2, 0.25) is 0 Å². The van der Waals surface area contributed by atoms with E-state index in [1.807, 2.05) is 20.8 Å². The summed E-state index contributed by atoms with van der Waals surface area (Å²) < 4.78 is 25.8. The topological polar surface area (TPSA) is 174 Å². The second-order valence-corrected chi connectivity index (χ2v) is 21.2. The largest absolute Gasteiger partial charge is 0.365 e. The molecule has 1 spiro atoms. The summed E-state index contributed by atoms with van der Waals surface area (Å²) >= 11 is 0. The minimum Gasteiger partial charge on any atom is -0.365 e. The number of hydrogen-bond acceptors (Lipinski definition) is 9. The van der Waals surface area contributed by atoms with Crippen LogP contribution in [0.1, 0.15) is 119 Å². The van der Waals surface area contributed by atoms with Crippen molar-refractivity contribution in [3.8, 4) is 0 Å². The minimum atomic E-state index is -3.52. The second-order valence-electron chi connectivity index (χ2n) is 18.4. The van der Waals surface area contributed by atoms with E-state index >= 15 is 0 Å². The van der Waals surface area contributed by atoms with Crippen LogP contribution in [0.25, 0.3) is 0 Å². The fraction of sp³-hybridized carbons (Fsp3) is 0.842. The second kappa shape index (κ2) is 14.8. The molecule has 1 saturated heterocycles. The average Bonchev–Trinajstić information content (AvgIpc) is 3.95. The number of aliphatic hydroxyl groups is 1. The van der Waals surface area contributed by atoms with E-state index in [1.54, 1.807) is 25.7 Å². The number of nitrogens with zero attached hydrogens (tertiary/aromatic N) is 1. The molecular formula is C38H63N5O7S. The summed E-state index contributed by atoms with van der Waals surface area (Å²) in [5, 5.41) is 23.4. The highest BCUT2D eigenvalue weighted by atomic mass is 32.2. The third-order valence-corrected chi connectivity index (χ3v) is 15.3. The zero-order valence-corrected chi connectivity index (χ0v) is 32.5. The van der Waals surface area contributed by atoms with Crippen molar-refractivity contribution in [3.05, 3.63) is 12.7 Å². The predicted octanol–water partition coefficient (Wildman–Crippen LogP) is 2.95. The van der Waals surface area contributed by atoms with Crippen molar-refractivity contribution in [2.24, 2.45) is 28.6 Å². The molecule has 1 heterocycles. The van der Waals surface area contributed by atoms with Crippen molar-refractivity contribution in [3.63, 3.8) is 0 Å². The van der Waals surface area contributed by atoms with Crippen LogP contribution < -0.4 is 21.3 Å². The molecule has 0 aromatic heterocycles. The number of carbonyl (C=O) groups is 4. The predicted molar refractivity (Wildman–Crippen MR) is 196 cm³/mol. The van der Waals surface area contributed by atoms with Gasteiger partial charge in [0.05, 0.1) is 22.6 Å². The number of Topliss-reactive ketones (excluding diaryl/α,β-unsaturated/α-hetero) is 1. The van der Waals surface area contributed by atoms with Gasteiger partial charge in [0, 0.05) is 18.6 Å². The number of sulfone groups is 1. The maximum absolute atomic E-state index is 14.8. The Labute approximate surface area is 305 Å². The van der Waals surface area contributed by atoms with Gasteiger partial charge in [0.1, 0.15) is 6.04 Å². The Balaban J connectivity index is 1.38. The monoisotopic (exact) mass is 733 g/mol. The molecule has 0 radical (unpaired) electrons. The molecule has 288 valence electrons. The van der Waals surface area contributed by atoms with Gasteiger partial charge in [-0.2, -0.15) is 0 Å². The van der Waals surface area contributed by atoms with E-state index in [2.05, 4.69) is 27.8 Å². The fourth-order valence-corrected chi connectivity index (χ4v) is 10.5. The first-order valence-corrected chi connectivity index (χ1v) is 20.9. The van der Waals surface area contributed by atoms with Crippen LogP contribution >= 0.6 is 0 Å². The molecule has 6 atom stereocenters. The van der Waals surface area contributed by atoms with Gasteiger partial charge < -0.3 is 20.6 Å². The normalized spacial score (nSPS) is 27.3. The summed E-state index contributed by atoms with van der Waals surface area (Å²) in [6, 6.07) is -2.72. The zero-order valence-electron chi connectivity index (χ0n) is 31.7. The molecular weight excluding hydrogens is 671 g/mol. The van der Waals surface area contributed by atoms with Crippen molar-refractivity contribution >= 4 is 33.3 Å². The summed E-state index contributed by atoms with van der Waals surface area (Å²) in [5.41, 5.74) is -1.42. The van der Waals surface area contributed by atoms with E-state index in [-0.39, 0.29) is 41.4 Å². The van der Waals surface area contributed by atoms with Crippen molar-refractivity contribution in [2.75, 3.05) is 18.8 Å². The van der Waals surface area contributed by atoms with Gasteiger partial charge in [-0.1, -0.05) is 59.0 Å². The molecule has 4 aliphatic carbocycles. The highest BCUT2D eigenvalue weighted by Gasteiger charge is 2.64. The number of ketones is 1. The van der Waals surface area contributed by atoms with Gasteiger partial charge >= 0.3 is 0 Å². The summed E-state index contributed by atoms with van der Waals surface area (Å²) in [6.45, 7) is 14.9. The molecule has 4 saturated carbocycles. The number of hydrogen-bond donors (Lipinski definition) is 5. The first-order valence-electron chi connectivity index (χ1n) is 19.2. The summed E-state index contributed by atoms with van der Waals surface area (Å²) in [4.78, 5) is 56.8. The van der Waals surface area contributed by atoms with E-state index in [9.17, 15) is 32.7 Å². The van der Waals surface area contributed by atoms with E-state index in [1.165, 1.54) is 6.08 Å². The molecule has 5 fully saturated rings. The van der Waals surface area contributed by atoms with Crippen LogP contribution in [0.15, 0.2) is 12.7 Å². The van der Waals surface area contributed by atoms with Crippen molar-refractivity contribution in [1.82, 2.24) is 26.2 Å². The van der Waals surface area contributed by atoms with E-state index < -0.39 is 67.6 Å². The highest BCUT2D eigenvalue weighted by Crippen LogP contribution is 2.66. The highest BCUT2D eigenvalue weighted by molar-refractivity contribution is 7.92. The maximum Gasteiger partial charge on any atom is 0.289 e. The maximum atomic E-state index is 14.8. The number of fused-ring (bicyclic) bond motifs is 2. The van der Waals surface area contributed by atoms with Gasteiger partial charge in [0.15, 0.2) is 16.2 Å². The first-order chi connectivity index (χ1) is 23.7. The lowest BCUT2D eigenvalue weighted by molar-refractivity contribution is -0.146. The molecule has 13 heteroatoms. The summed E-state index contributed by atoms with van der Waals surface area (Å²) in [5.74, 6) is -1.96.